The predicted molar refractivity (Wildman–Crippen MR) is 97.3 cm³/mol. The van der Waals surface area contributed by atoms with Crippen LogP contribution in [-0.4, -0.2) is 60.9 Å². The zero-order chi connectivity index (χ0) is 17.7. The number of carbonyl (C=O) groups is 2. The van der Waals surface area contributed by atoms with E-state index < -0.39 is 0 Å². The third-order valence-corrected chi connectivity index (χ3v) is 4.72. The van der Waals surface area contributed by atoms with Gasteiger partial charge in [0.25, 0.3) is 0 Å². The number of hydrogen-bond acceptors (Lipinski definition) is 3. The average Bonchev–Trinajstić information content (AvgIpc) is 2.59. The highest BCUT2D eigenvalue weighted by molar-refractivity contribution is 5.97. The molecule has 1 fully saturated rings. The van der Waals surface area contributed by atoms with Crippen molar-refractivity contribution in [1.29, 1.82) is 0 Å². The average molecular weight is 331 g/mol. The van der Waals surface area contributed by atoms with Crippen molar-refractivity contribution < 1.29 is 9.59 Å². The fourth-order valence-electron chi connectivity index (χ4n) is 2.97. The molecular formula is C19H29N3O2. The Balaban J connectivity index is 2.03. The first-order chi connectivity index (χ1) is 11.4. The molecule has 0 N–H and O–H groups in total. The Morgan fingerprint density at radius 2 is 1.67 bits per heavy atom. The largest absolute Gasteiger partial charge is 0.339 e. The van der Waals surface area contributed by atoms with Crippen molar-refractivity contribution >= 4 is 17.5 Å². The highest BCUT2D eigenvalue weighted by Gasteiger charge is 2.23. The first-order valence-corrected chi connectivity index (χ1v) is 8.80. The molecule has 1 aliphatic rings. The van der Waals surface area contributed by atoms with Crippen molar-refractivity contribution in [2.45, 2.75) is 33.6 Å². The lowest BCUT2D eigenvalue weighted by atomic mass is 10.0. The van der Waals surface area contributed by atoms with Gasteiger partial charge in [-0.3, -0.25) is 9.59 Å². The van der Waals surface area contributed by atoms with E-state index in [0.717, 1.165) is 38.4 Å². The van der Waals surface area contributed by atoms with Crippen molar-refractivity contribution in [3.63, 3.8) is 0 Å². The van der Waals surface area contributed by atoms with E-state index in [4.69, 9.17) is 0 Å². The molecule has 0 aromatic heterocycles. The van der Waals surface area contributed by atoms with Gasteiger partial charge in [0, 0.05) is 38.8 Å². The predicted octanol–water partition coefficient (Wildman–Crippen LogP) is 2.33. The lowest BCUT2D eigenvalue weighted by Crippen LogP contribution is -2.51. The quantitative estimate of drug-likeness (QED) is 0.832. The van der Waals surface area contributed by atoms with Crippen molar-refractivity contribution in [3.05, 3.63) is 29.8 Å². The van der Waals surface area contributed by atoms with Gasteiger partial charge in [-0.1, -0.05) is 32.9 Å². The molecule has 5 heteroatoms. The van der Waals surface area contributed by atoms with Crippen LogP contribution in [0.5, 0.6) is 0 Å². The standard InChI is InChI=1S/C19H29N3O2/c1-5-20-10-12-21(13-11-20)19(24)14-22(16(4)23)18-8-6-17(7-9-18)15(2)3/h6-9,15H,5,10-14H2,1-4H3. The van der Waals surface area contributed by atoms with E-state index in [1.54, 1.807) is 4.90 Å². The number of piperazine rings is 1. The number of nitrogens with zero attached hydrogens (tertiary/aromatic N) is 3. The molecule has 0 aliphatic carbocycles. The number of hydrogen-bond donors (Lipinski definition) is 0. The van der Waals surface area contributed by atoms with Crippen LogP contribution in [0, 0.1) is 0 Å². The smallest absolute Gasteiger partial charge is 0.242 e. The molecule has 1 saturated heterocycles. The summed E-state index contributed by atoms with van der Waals surface area (Å²) in [5.41, 5.74) is 2.01. The second-order valence-corrected chi connectivity index (χ2v) is 6.67. The van der Waals surface area contributed by atoms with E-state index >= 15 is 0 Å². The van der Waals surface area contributed by atoms with Gasteiger partial charge in [-0.15, -0.1) is 0 Å². The van der Waals surface area contributed by atoms with Crippen LogP contribution in [0.2, 0.25) is 0 Å². The molecule has 0 bridgehead atoms. The van der Waals surface area contributed by atoms with E-state index in [9.17, 15) is 9.59 Å². The minimum Gasteiger partial charge on any atom is -0.339 e. The Hall–Kier alpha value is -1.88. The van der Waals surface area contributed by atoms with Gasteiger partial charge in [0.2, 0.25) is 11.8 Å². The fraction of sp³-hybridized carbons (Fsp3) is 0.579. The van der Waals surface area contributed by atoms with E-state index in [2.05, 4.69) is 25.7 Å². The van der Waals surface area contributed by atoms with E-state index in [-0.39, 0.29) is 18.4 Å². The molecule has 24 heavy (non-hydrogen) atoms. The zero-order valence-corrected chi connectivity index (χ0v) is 15.3. The minimum atomic E-state index is -0.104. The van der Waals surface area contributed by atoms with Gasteiger partial charge in [-0.05, 0) is 30.2 Å². The van der Waals surface area contributed by atoms with Gasteiger partial charge in [0.05, 0.1) is 0 Å². The molecule has 1 aliphatic heterocycles. The third kappa shape index (κ3) is 4.57. The van der Waals surface area contributed by atoms with Gasteiger partial charge < -0.3 is 14.7 Å². The van der Waals surface area contributed by atoms with Crippen LogP contribution in [0.1, 0.15) is 39.2 Å². The molecule has 1 aromatic carbocycles. The maximum absolute atomic E-state index is 12.6. The number of benzene rings is 1. The molecule has 0 spiro atoms. The van der Waals surface area contributed by atoms with E-state index in [1.807, 2.05) is 29.2 Å². The molecule has 1 aromatic rings. The summed E-state index contributed by atoms with van der Waals surface area (Å²) >= 11 is 0. The molecule has 1 heterocycles. The molecular weight excluding hydrogens is 302 g/mol. The number of amides is 2. The van der Waals surface area contributed by atoms with Gasteiger partial charge in [-0.25, -0.2) is 0 Å². The van der Waals surface area contributed by atoms with Crippen LogP contribution in [-0.2, 0) is 9.59 Å². The summed E-state index contributed by atoms with van der Waals surface area (Å²) in [6, 6.07) is 7.92. The van der Waals surface area contributed by atoms with Crippen molar-refractivity contribution in [1.82, 2.24) is 9.80 Å². The lowest BCUT2D eigenvalue weighted by Gasteiger charge is -2.35. The SMILES string of the molecule is CCN1CCN(C(=O)CN(C(C)=O)c2ccc(C(C)C)cc2)CC1. The number of anilines is 1. The summed E-state index contributed by atoms with van der Waals surface area (Å²) in [5, 5.41) is 0. The normalized spacial score (nSPS) is 15.6. The van der Waals surface area contributed by atoms with Crippen LogP contribution in [0.4, 0.5) is 5.69 Å². The Kier molecular flexibility index (Phi) is 6.37. The summed E-state index contributed by atoms with van der Waals surface area (Å²) in [5.74, 6) is 0.364. The molecule has 2 amide bonds. The lowest BCUT2D eigenvalue weighted by molar-refractivity contribution is -0.132. The summed E-state index contributed by atoms with van der Waals surface area (Å²) in [4.78, 5) is 30.4. The number of likely N-dealkylation sites (N-methyl/N-ethyl adjacent to an activating group) is 1. The molecule has 0 saturated carbocycles. The first-order valence-electron chi connectivity index (χ1n) is 8.80. The highest BCUT2D eigenvalue weighted by Crippen LogP contribution is 2.20. The number of carbonyl (C=O) groups excluding carboxylic acids is 2. The third-order valence-electron chi connectivity index (χ3n) is 4.72. The van der Waals surface area contributed by atoms with Gasteiger partial charge in [-0.2, -0.15) is 0 Å². The molecule has 5 nitrogen and oxygen atoms in total. The van der Waals surface area contributed by atoms with Gasteiger partial charge >= 0.3 is 0 Å². The van der Waals surface area contributed by atoms with Crippen LogP contribution >= 0.6 is 0 Å². The van der Waals surface area contributed by atoms with Crippen LogP contribution in [0.15, 0.2) is 24.3 Å². The molecule has 2 rings (SSSR count). The van der Waals surface area contributed by atoms with Gasteiger partial charge in [0.1, 0.15) is 6.54 Å². The van der Waals surface area contributed by atoms with Crippen LogP contribution < -0.4 is 4.90 Å². The second-order valence-electron chi connectivity index (χ2n) is 6.67. The maximum atomic E-state index is 12.6. The summed E-state index contributed by atoms with van der Waals surface area (Å²) < 4.78 is 0. The molecule has 0 unspecified atom stereocenters. The molecule has 0 radical (unpaired) electrons. The topological polar surface area (TPSA) is 43.9 Å². The Bertz CT molecular complexity index is 560. The van der Waals surface area contributed by atoms with Gasteiger partial charge in [0.15, 0.2) is 0 Å². The summed E-state index contributed by atoms with van der Waals surface area (Å²) in [6.45, 7) is 12.3. The van der Waals surface area contributed by atoms with E-state index in [1.165, 1.54) is 12.5 Å². The second kappa shape index (κ2) is 8.29. The first kappa shape index (κ1) is 18.5. The summed E-state index contributed by atoms with van der Waals surface area (Å²) in [6.07, 6.45) is 0. The fourth-order valence-corrected chi connectivity index (χ4v) is 2.97. The zero-order valence-electron chi connectivity index (χ0n) is 15.3. The monoisotopic (exact) mass is 331 g/mol. The van der Waals surface area contributed by atoms with Crippen molar-refractivity contribution in [2.75, 3.05) is 44.2 Å². The molecule has 0 atom stereocenters. The maximum Gasteiger partial charge on any atom is 0.242 e. The van der Waals surface area contributed by atoms with E-state index in [0.29, 0.717) is 5.92 Å². The van der Waals surface area contributed by atoms with Crippen LogP contribution in [0.3, 0.4) is 0 Å². The van der Waals surface area contributed by atoms with Crippen molar-refractivity contribution in [3.8, 4) is 0 Å². The Labute approximate surface area is 145 Å². The highest BCUT2D eigenvalue weighted by atomic mass is 16.2. The summed E-state index contributed by atoms with van der Waals surface area (Å²) in [7, 11) is 0. The minimum absolute atomic E-state index is 0.0221. The Morgan fingerprint density at radius 1 is 1.08 bits per heavy atom. The van der Waals surface area contributed by atoms with Crippen LogP contribution in [0.25, 0.3) is 0 Å². The number of rotatable bonds is 5. The Morgan fingerprint density at radius 3 is 2.12 bits per heavy atom. The van der Waals surface area contributed by atoms with Crippen molar-refractivity contribution in [2.24, 2.45) is 0 Å². The molecule has 132 valence electrons.